The lowest BCUT2D eigenvalue weighted by molar-refractivity contribution is 0.0684. The summed E-state index contributed by atoms with van der Waals surface area (Å²) in [5.41, 5.74) is 0.690. The highest BCUT2D eigenvalue weighted by Gasteiger charge is 2.32. The van der Waals surface area contributed by atoms with Crippen LogP contribution in [-0.4, -0.2) is 67.2 Å². The first-order valence-electron chi connectivity index (χ1n) is 7.49. The van der Waals surface area contributed by atoms with E-state index < -0.39 is 12.1 Å². The van der Waals surface area contributed by atoms with Crippen molar-refractivity contribution < 1.29 is 29.2 Å². The number of methoxy groups -OCH3 is 2. The Balaban J connectivity index is 2.38. The van der Waals surface area contributed by atoms with Crippen LogP contribution < -0.4 is 9.47 Å². The molecule has 0 radical (unpaired) electrons. The summed E-state index contributed by atoms with van der Waals surface area (Å²) in [6.07, 6.45) is -0.576. The first-order chi connectivity index (χ1) is 11.0. The zero-order chi connectivity index (χ0) is 17.0. The predicted octanol–water partition coefficient (Wildman–Crippen LogP) is 0.984. The Bertz CT molecular complexity index is 562. The van der Waals surface area contributed by atoms with Gasteiger partial charge in [0.15, 0.2) is 0 Å². The molecule has 7 heteroatoms. The molecule has 2 N–H and O–H groups in total. The number of hydrogen-bond donors (Lipinski definition) is 2. The third kappa shape index (κ3) is 3.74. The summed E-state index contributed by atoms with van der Waals surface area (Å²) >= 11 is 0. The predicted molar refractivity (Wildman–Crippen MR) is 83.2 cm³/mol. The van der Waals surface area contributed by atoms with Crippen LogP contribution in [0.25, 0.3) is 0 Å². The van der Waals surface area contributed by atoms with Crippen LogP contribution >= 0.6 is 0 Å². The topological polar surface area (TPSA) is 88.5 Å². The molecule has 1 aromatic carbocycles. The van der Waals surface area contributed by atoms with Crippen molar-refractivity contribution in [2.75, 3.05) is 34.0 Å². The van der Waals surface area contributed by atoms with Crippen LogP contribution in [0.15, 0.2) is 12.1 Å². The van der Waals surface area contributed by atoms with Gasteiger partial charge in [0, 0.05) is 18.2 Å². The maximum atomic E-state index is 11.6. The summed E-state index contributed by atoms with van der Waals surface area (Å²) in [5, 5.41) is 19.5. The fraction of sp³-hybridized carbons (Fsp3) is 0.562. The van der Waals surface area contributed by atoms with Crippen molar-refractivity contribution >= 4 is 5.97 Å². The number of carbonyl (C=O) groups is 1. The zero-order valence-corrected chi connectivity index (χ0v) is 13.6. The Morgan fingerprint density at radius 2 is 2.09 bits per heavy atom. The summed E-state index contributed by atoms with van der Waals surface area (Å²) in [5.74, 6) is -0.166. The van der Waals surface area contributed by atoms with Gasteiger partial charge in [-0.3, -0.25) is 4.90 Å². The summed E-state index contributed by atoms with van der Waals surface area (Å²) in [6, 6.07) is 2.99. The summed E-state index contributed by atoms with van der Waals surface area (Å²) in [4.78, 5) is 13.6. The number of likely N-dealkylation sites (N-methyl/N-ethyl adjacent to an activating group) is 1. The lowest BCUT2D eigenvalue weighted by Gasteiger charge is -2.29. The van der Waals surface area contributed by atoms with Gasteiger partial charge < -0.3 is 24.4 Å². The number of benzene rings is 1. The van der Waals surface area contributed by atoms with Crippen molar-refractivity contribution in [3.63, 3.8) is 0 Å². The average molecular weight is 325 g/mol. The molecule has 1 saturated heterocycles. The molecular formula is C16H23NO6. The summed E-state index contributed by atoms with van der Waals surface area (Å²) < 4.78 is 15.8. The van der Waals surface area contributed by atoms with E-state index in [2.05, 4.69) is 0 Å². The number of ether oxygens (including phenoxy) is 3. The van der Waals surface area contributed by atoms with Gasteiger partial charge in [0.05, 0.1) is 45.1 Å². The first kappa shape index (κ1) is 17.5. The second-order valence-electron chi connectivity index (χ2n) is 5.40. The maximum Gasteiger partial charge on any atom is 0.336 e. The molecule has 1 aliphatic heterocycles. The minimum absolute atomic E-state index is 0.132. The van der Waals surface area contributed by atoms with Crippen LogP contribution in [0.3, 0.4) is 0 Å². The molecule has 2 atom stereocenters. The van der Waals surface area contributed by atoms with Gasteiger partial charge >= 0.3 is 5.97 Å². The SMILES string of the molecule is CCN(Cc1c(OC)cc(OC)cc1C(=O)O)[C@H]1COC[C@@H]1O. The highest BCUT2D eigenvalue weighted by Crippen LogP contribution is 2.31. The van der Waals surface area contributed by atoms with E-state index in [0.717, 1.165) is 0 Å². The van der Waals surface area contributed by atoms with E-state index in [9.17, 15) is 15.0 Å². The van der Waals surface area contributed by atoms with E-state index in [0.29, 0.717) is 43.4 Å². The molecule has 0 saturated carbocycles. The minimum atomic E-state index is -1.04. The number of carboxylic acid groups (broad SMARTS) is 1. The van der Waals surface area contributed by atoms with Gasteiger partial charge in [0.25, 0.3) is 0 Å². The van der Waals surface area contributed by atoms with Gasteiger partial charge in [0.1, 0.15) is 11.5 Å². The second-order valence-corrected chi connectivity index (χ2v) is 5.40. The molecule has 1 aliphatic rings. The number of aromatic carboxylic acids is 1. The van der Waals surface area contributed by atoms with E-state index in [1.165, 1.54) is 20.3 Å². The van der Waals surface area contributed by atoms with Crippen LogP contribution in [0, 0.1) is 0 Å². The minimum Gasteiger partial charge on any atom is -0.497 e. The Morgan fingerprint density at radius 1 is 1.35 bits per heavy atom. The van der Waals surface area contributed by atoms with Crippen LogP contribution in [0.2, 0.25) is 0 Å². The van der Waals surface area contributed by atoms with Crippen LogP contribution in [0.4, 0.5) is 0 Å². The van der Waals surface area contributed by atoms with Gasteiger partial charge in [-0.05, 0) is 12.6 Å². The molecule has 0 amide bonds. The number of hydrogen-bond acceptors (Lipinski definition) is 6. The fourth-order valence-corrected chi connectivity index (χ4v) is 2.82. The highest BCUT2D eigenvalue weighted by atomic mass is 16.5. The summed E-state index contributed by atoms with van der Waals surface area (Å²) in [7, 11) is 2.97. The quantitative estimate of drug-likeness (QED) is 0.772. The average Bonchev–Trinajstić information content (AvgIpc) is 2.97. The maximum absolute atomic E-state index is 11.6. The fourth-order valence-electron chi connectivity index (χ4n) is 2.82. The van der Waals surface area contributed by atoms with Crippen molar-refractivity contribution in [2.45, 2.75) is 25.6 Å². The molecule has 128 valence electrons. The number of nitrogens with zero attached hydrogens (tertiary/aromatic N) is 1. The molecule has 1 aromatic rings. The number of aliphatic hydroxyl groups excluding tert-OH is 1. The molecule has 7 nitrogen and oxygen atoms in total. The molecule has 0 bridgehead atoms. The molecule has 0 aliphatic carbocycles. The van der Waals surface area contributed by atoms with Crippen molar-refractivity contribution in [3.8, 4) is 11.5 Å². The molecule has 0 spiro atoms. The smallest absolute Gasteiger partial charge is 0.336 e. The van der Waals surface area contributed by atoms with E-state index in [1.807, 2.05) is 11.8 Å². The second kappa shape index (κ2) is 7.63. The zero-order valence-electron chi connectivity index (χ0n) is 13.6. The van der Waals surface area contributed by atoms with Crippen molar-refractivity contribution in [1.29, 1.82) is 0 Å². The Hall–Kier alpha value is -1.83. The molecule has 23 heavy (non-hydrogen) atoms. The number of carboxylic acids is 1. The van der Waals surface area contributed by atoms with Crippen molar-refractivity contribution in [1.82, 2.24) is 4.90 Å². The van der Waals surface area contributed by atoms with E-state index in [4.69, 9.17) is 14.2 Å². The van der Waals surface area contributed by atoms with Crippen LogP contribution in [0.5, 0.6) is 11.5 Å². The number of rotatable bonds is 7. The Morgan fingerprint density at radius 3 is 2.57 bits per heavy atom. The van der Waals surface area contributed by atoms with Gasteiger partial charge in [-0.2, -0.15) is 0 Å². The largest absolute Gasteiger partial charge is 0.497 e. The number of aliphatic hydroxyl groups is 1. The first-order valence-corrected chi connectivity index (χ1v) is 7.49. The summed E-state index contributed by atoms with van der Waals surface area (Å²) in [6.45, 7) is 3.68. The molecule has 0 aromatic heterocycles. The Labute approximate surface area is 135 Å². The normalized spacial score (nSPS) is 20.7. The molecule has 1 fully saturated rings. The lowest BCUT2D eigenvalue weighted by atomic mass is 10.0. The van der Waals surface area contributed by atoms with E-state index in [-0.39, 0.29) is 11.6 Å². The monoisotopic (exact) mass is 325 g/mol. The Kier molecular flexibility index (Phi) is 5.81. The van der Waals surface area contributed by atoms with Gasteiger partial charge in [-0.25, -0.2) is 4.79 Å². The standard InChI is InChI=1S/C16H23NO6/c1-4-17(13-8-23-9-14(13)18)7-12-11(16(19)20)5-10(21-2)6-15(12)22-3/h5-6,13-14,18H,4,7-9H2,1-3H3,(H,19,20)/t13-,14-/m0/s1. The highest BCUT2D eigenvalue weighted by molar-refractivity contribution is 5.91. The van der Waals surface area contributed by atoms with Crippen LogP contribution in [0.1, 0.15) is 22.8 Å². The van der Waals surface area contributed by atoms with Gasteiger partial charge in [-0.15, -0.1) is 0 Å². The third-order valence-corrected chi connectivity index (χ3v) is 4.13. The van der Waals surface area contributed by atoms with Crippen molar-refractivity contribution in [2.24, 2.45) is 0 Å². The third-order valence-electron chi connectivity index (χ3n) is 4.13. The molecule has 1 heterocycles. The van der Waals surface area contributed by atoms with E-state index in [1.54, 1.807) is 6.07 Å². The molecule has 2 rings (SSSR count). The van der Waals surface area contributed by atoms with Gasteiger partial charge in [0.2, 0.25) is 0 Å². The van der Waals surface area contributed by atoms with E-state index >= 15 is 0 Å². The van der Waals surface area contributed by atoms with Crippen LogP contribution in [-0.2, 0) is 11.3 Å². The molecular weight excluding hydrogens is 302 g/mol. The lowest BCUT2D eigenvalue weighted by Crippen LogP contribution is -2.42. The van der Waals surface area contributed by atoms with Gasteiger partial charge in [-0.1, -0.05) is 6.92 Å². The molecule has 0 unspecified atom stereocenters. The van der Waals surface area contributed by atoms with Crippen molar-refractivity contribution in [3.05, 3.63) is 23.3 Å².